The van der Waals surface area contributed by atoms with Crippen LogP contribution >= 0.6 is 0 Å². The molecule has 0 bridgehead atoms. The van der Waals surface area contributed by atoms with Crippen molar-refractivity contribution in [3.05, 3.63) is 81.4 Å². The van der Waals surface area contributed by atoms with E-state index in [1.807, 2.05) is 30.0 Å². The second-order valence-electron chi connectivity index (χ2n) is 7.61. The van der Waals surface area contributed by atoms with Gasteiger partial charge in [0.25, 0.3) is 11.5 Å². The van der Waals surface area contributed by atoms with Crippen LogP contribution in [0.2, 0.25) is 0 Å². The van der Waals surface area contributed by atoms with Crippen LogP contribution in [0.5, 0.6) is 0 Å². The summed E-state index contributed by atoms with van der Waals surface area (Å²) < 4.78 is 1.38. The lowest BCUT2D eigenvalue weighted by Gasteiger charge is -2.29. The van der Waals surface area contributed by atoms with Crippen molar-refractivity contribution in [1.82, 2.24) is 19.6 Å². The molecule has 0 fully saturated rings. The first kappa shape index (κ1) is 19.8. The third kappa shape index (κ3) is 4.10. The summed E-state index contributed by atoms with van der Waals surface area (Å²) in [7, 11) is 0. The topological polar surface area (TPSA) is 83.8 Å². The molecule has 0 atom stereocenters. The molecule has 1 aliphatic rings. The van der Waals surface area contributed by atoms with Crippen molar-refractivity contribution in [2.24, 2.45) is 0 Å². The molecule has 3 aromatic rings. The maximum absolute atomic E-state index is 12.6. The van der Waals surface area contributed by atoms with Crippen molar-refractivity contribution in [3.63, 3.8) is 0 Å². The van der Waals surface area contributed by atoms with E-state index in [2.05, 4.69) is 22.4 Å². The number of hydrogen-bond acceptors (Lipinski definition) is 4. The van der Waals surface area contributed by atoms with Crippen molar-refractivity contribution >= 4 is 17.5 Å². The molecule has 1 aromatic carbocycles. The first-order valence-electron chi connectivity index (χ1n) is 10.1. The Morgan fingerprint density at radius 1 is 1.13 bits per heavy atom. The van der Waals surface area contributed by atoms with E-state index in [1.54, 1.807) is 12.3 Å². The minimum absolute atomic E-state index is 0.00272. The first-order valence-corrected chi connectivity index (χ1v) is 10.1. The highest BCUT2D eigenvalue weighted by Gasteiger charge is 2.20. The van der Waals surface area contributed by atoms with Crippen LogP contribution in [0.1, 0.15) is 39.9 Å². The maximum Gasteiger partial charge on any atom is 0.270 e. The molecule has 7 heteroatoms. The average molecular weight is 404 g/mol. The van der Waals surface area contributed by atoms with Crippen LogP contribution in [0.25, 0.3) is 5.65 Å². The summed E-state index contributed by atoms with van der Waals surface area (Å²) in [6, 6.07) is 11.8. The second kappa shape index (κ2) is 8.49. The molecule has 0 saturated heterocycles. The Kier molecular flexibility index (Phi) is 5.61. The molecule has 0 spiro atoms. The number of benzene rings is 1. The number of fused-ring (bicyclic) bond motifs is 2. The zero-order valence-electron chi connectivity index (χ0n) is 16.9. The van der Waals surface area contributed by atoms with Crippen molar-refractivity contribution in [2.75, 3.05) is 13.1 Å². The van der Waals surface area contributed by atoms with Gasteiger partial charge in [-0.05, 0) is 42.5 Å². The summed E-state index contributed by atoms with van der Waals surface area (Å²) >= 11 is 0. The number of pyridine rings is 1. The molecule has 0 aliphatic carbocycles. The minimum Gasteiger partial charge on any atom is -0.352 e. The summed E-state index contributed by atoms with van der Waals surface area (Å²) in [5.41, 5.74) is 3.50. The summed E-state index contributed by atoms with van der Waals surface area (Å²) in [6.45, 7) is 3.56. The number of aryl methyl sites for hydroxylation is 1. The van der Waals surface area contributed by atoms with Gasteiger partial charge in [-0.1, -0.05) is 30.3 Å². The van der Waals surface area contributed by atoms with Crippen LogP contribution in [0.4, 0.5) is 0 Å². The zero-order chi connectivity index (χ0) is 21.1. The maximum atomic E-state index is 12.6. The van der Waals surface area contributed by atoms with Gasteiger partial charge in [-0.15, -0.1) is 0 Å². The number of nitrogens with one attached hydrogen (secondary N) is 1. The lowest BCUT2D eigenvalue weighted by atomic mass is 9.99. The number of rotatable bonds is 5. The van der Waals surface area contributed by atoms with Gasteiger partial charge in [0.1, 0.15) is 11.2 Å². The van der Waals surface area contributed by atoms with Gasteiger partial charge >= 0.3 is 0 Å². The molecule has 4 rings (SSSR count). The van der Waals surface area contributed by atoms with E-state index in [9.17, 15) is 14.4 Å². The molecule has 0 saturated carbocycles. The number of carbonyl (C=O) groups excluding carboxylic acids is 2. The summed E-state index contributed by atoms with van der Waals surface area (Å²) in [5.74, 6) is -0.385. The van der Waals surface area contributed by atoms with Crippen LogP contribution in [0.15, 0.2) is 53.6 Å². The molecule has 1 aliphatic heterocycles. The fourth-order valence-electron chi connectivity index (χ4n) is 3.74. The predicted molar refractivity (Wildman–Crippen MR) is 113 cm³/mol. The van der Waals surface area contributed by atoms with Gasteiger partial charge in [0.15, 0.2) is 0 Å². The fraction of sp³-hybridized carbons (Fsp3) is 0.304. The molecule has 0 radical (unpaired) electrons. The Bertz CT molecular complexity index is 1170. The molecule has 30 heavy (non-hydrogen) atoms. The molecule has 2 aromatic heterocycles. The van der Waals surface area contributed by atoms with Gasteiger partial charge in [-0.3, -0.25) is 18.8 Å². The standard InChI is InChI=1S/C23H24N4O3/c1-16-8-9-20-25-13-19(23(30)27(20)14-16)22(29)24-11-4-7-21(28)26-12-10-17-5-2-3-6-18(17)15-26/h2-3,5-6,8-9,13-14H,4,7,10-12,15H2,1H3,(H,24,29). The quantitative estimate of drug-likeness (QED) is 0.660. The van der Waals surface area contributed by atoms with Crippen LogP contribution in [0.3, 0.4) is 0 Å². The van der Waals surface area contributed by atoms with Crippen LogP contribution < -0.4 is 10.9 Å². The van der Waals surface area contributed by atoms with E-state index >= 15 is 0 Å². The van der Waals surface area contributed by atoms with Crippen molar-refractivity contribution in [1.29, 1.82) is 0 Å². The van der Waals surface area contributed by atoms with E-state index < -0.39 is 11.5 Å². The predicted octanol–water partition coefficient (Wildman–Crippen LogP) is 2.10. The fourth-order valence-corrected chi connectivity index (χ4v) is 3.74. The molecular weight excluding hydrogens is 380 g/mol. The number of amides is 2. The van der Waals surface area contributed by atoms with Gasteiger partial charge in [0, 0.05) is 38.4 Å². The van der Waals surface area contributed by atoms with Crippen LogP contribution in [-0.2, 0) is 17.8 Å². The number of nitrogens with zero attached hydrogens (tertiary/aromatic N) is 3. The van der Waals surface area contributed by atoms with Crippen molar-refractivity contribution in [3.8, 4) is 0 Å². The largest absolute Gasteiger partial charge is 0.352 e. The van der Waals surface area contributed by atoms with Gasteiger partial charge in [0.05, 0.1) is 0 Å². The SMILES string of the molecule is Cc1ccc2ncc(C(=O)NCCCC(=O)N3CCc4ccccc4C3)c(=O)n2c1. The molecule has 2 amide bonds. The molecular formula is C23H24N4O3. The molecule has 7 nitrogen and oxygen atoms in total. The Morgan fingerprint density at radius 2 is 1.93 bits per heavy atom. The van der Waals surface area contributed by atoms with Crippen LogP contribution in [0, 0.1) is 6.92 Å². The van der Waals surface area contributed by atoms with E-state index in [0.29, 0.717) is 31.6 Å². The number of aromatic nitrogens is 2. The normalized spacial score (nSPS) is 13.2. The van der Waals surface area contributed by atoms with Crippen LogP contribution in [-0.4, -0.2) is 39.2 Å². The zero-order valence-corrected chi connectivity index (χ0v) is 16.9. The summed E-state index contributed by atoms with van der Waals surface area (Å²) in [6.07, 6.45) is 4.72. The highest BCUT2D eigenvalue weighted by molar-refractivity contribution is 5.93. The smallest absolute Gasteiger partial charge is 0.270 e. The molecule has 0 unspecified atom stereocenters. The van der Waals surface area contributed by atoms with E-state index in [-0.39, 0.29) is 11.5 Å². The highest BCUT2D eigenvalue weighted by atomic mass is 16.2. The number of hydrogen-bond donors (Lipinski definition) is 1. The minimum atomic E-state index is -0.470. The van der Waals surface area contributed by atoms with Gasteiger partial charge < -0.3 is 10.2 Å². The Balaban J connectivity index is 1.30. The van der Waals surface area contributed by atoms with Crippen molar-refractivity contribution in [2.45, 2.75) is 32.7 Å². The van der Waals surface area contributed by atoms with Crippen molar-refractivity contribution < 1.29 is 9.59 Å². The van der Waals surface area contributed by atoms with E-state index in [1.165, 1.54) is 21.7 Å². The Labute approximate surface area is 174 Å². The summed E-state index contributed by atoms with van der Waals surface area (Å²) in [5, 5.41) is 2.73. The second-order valence-corrected chi connectivity index (χ2v) is 7.61. The molecule has 1 N–H and O–H groups in total. The van der Waals surface area contributed by atoms with E-state index in [4.69, 9.17) is 0 Å². The Morgan fingerprint density at radius 3 is 2.77 bits per heavy atom. The molecule has 154 valence electrons. The summed E-state index contributed by atoms with van der Waals surface area (Å²) in [4.78, 5) is 43.5. The van der Waals surface area contributed by atoms with Gasteiger partial charge in [0.2, 0.25) is 5.91 Å². The Hall–Kier alpha value is -3.48. The lowest BCUT2D eigenvalue weighted by Crippen LogP contribution is -2.36. The third-order valence-electron chi connectivity index (χ3n) is 5.43. The first-order chi connectivity index (χ1) is 14.5. The number of carbonyl (C=O) groups is 2. The lowest BCUT2D eigenvalue weighted by molar-refractivity contribution is -0.132. The average Bonchev–Trinajstić information content (AvgIpc) is 2.76. The van der Waals surface area contributed by atoms with E-state index in [0.717, 1.165) is 18.5 Å². The van der Waals surface area contributed by atoms with Gasteiger partial charge in [-0.25, -0.2) is 4.98 Å². The third-order valence-corrected chi connectivity index (χ3v) is 5.43. The highest BCUT2D eigenvalue weighted by Crippen LogP contribution is 2.19. The van der Waals surface area contributed by atoms with Gasteiger partial charge in [-0.2, -0.15) is 0 Å². The monoisotopic (exact) mass is 404 g/mol. The molecule has 3 heterocycles.